The maximum atomic E-state index is 3.31. The normalized spacial score (nSPS) is 27.8. The molecule has 1 aliphatic heterocycles. The van der Waals surface area contributed by atoms with E-state index >= 15 is 0 Å². The molecule has 0 radical (unpaired) electrons. The minimum atomic E-state index is 0.483. The van der Waals surface area contributed by atoms with Crippen molar-refractivity contribution in [1.82, 2.24) is 10.9 Å². The van der Waals surface area contributed by atoms with Crippen molar-refractivity contribution in [1.29, 1.82) is 0 Å². The molecule has 0 saturated carbocycles. The van der Waals surface area contributed by atoms with E-state index in [-0.39, 0.29) is 0 Å². The Balaban J connectivity index is 2.21. The molecule has 2 unspecified atom stereocenters. The van der Waals surface area contributed by atoms with Gasteiger partial charge in [-0.1, -0.05) is 24.3 Å². The van der Waals surface area contributed by atoms with Crippen LogP contribution in [0.25, 0.3) is 0 Å². The molecule has 1 aromatic carbocycles. The van der Waals surface area contributed by atoms with E-state index in [1.54, 1.807) is 0 Å². The van der Waals surface area contributed by atoms with Gasteiger partial charge in [0.2, 0.25) is 0 Å². The smallest absolute Gasteiger partial charge is 0.0480 e. The summed E-state index contributed by atoms with van der Waals surface area (Å²) >= 11 is 0. The van der Waals surface area contributed by atoms with Gasteiger partial charge in [-0.05, 0) is 31.4 Å². The van der Waals surface area contributed by atoms with Gasteiger partial charge in [0.15, 0.2) is 0 Å². The van der Waals surface area contributed by atoms with E-state index in [4.69, 9.17) is 0 Å². The summed E-state index contributed by atoms with van der Waals surface area (Å²) in [6.45, 7) is 4.37. The van der Waals surface area contributed by atoms with Crippen LogP contribution in [0.2, 0.25) is 0 Å². The van der Waals surface area contributed by atoms with Crippen LogP contribution in [0.5, 0.6) is 0 Å². The number of hydrazine groups is 1. The molecule has 2 atom stereocenters. The van der Waals surface area contributed by atoms with Crippen molar-refractivity contribution in [2.45, 2.75) is 32.4 Å². The third kappa shape index (κ3) is 1.74. The van der Waals surface area contributed by atoms with Crippen LogP contribution >= 0.6 is 0 Å². The molecule has 0 amide bonds. The van der Waals surface area contributed by atoms with E-state index in [2.05, 4.69) is 49.0 Å². The Morgan fingerprint density at radius 1 is 1.23 bits per heavy atom. The second kappa shape index (κ2) is 3.48. The molecule has 1 heterocycles. The van der Waals surface area contributed by atoms with Crippen LogP contribution < -0.4 is 10.9 Å². The van der Waals surface area contributed by atoms with Gasteiger partial charge in [0.05, 0.1) is 0 Å². The molecule has 0 aromatic heterocycles. The zero-order chi connectivity index (χ0) is 9.26. The van der Waals surface area contributed by atoms with E-state index in [9.17, 15) is 0 Å². The van der Waals surface area contributed by atoms with Crippen molar-refractivity contribution in [2.24, 2.45) is 0 Å². The lowest BCUT2D eigenvalue weighted by atomic mass is 9.98. The van der Waals surface area contributed by atoms with E-state index in [0.29, 0.717) is 12.1 Å². The lowest BCUT2D eigenvalue weighted by Crippen LogP contribution is -2.29. The van der Waals surface area contributed by atoms with Crippen LogP contribution in [-0.2, 0) is 0 Å². The zero-order valence-electron chi connectivity index (χ0n) is 8.17. The molecule has 70 valence electrons. The predicted molar refractivity (Wildman–Crippen MR) is 54.3 cm³/mol. The Morgan fingerprint density at radius 3 is 2.62 bits per heavy atom. The highest BCUT2D eigenvalue weighted by atomic mass is 15.4. The lowest BCUT2D eigenvalue weighted by Gasteiger charge is -2.12. The monoisotopic (exact) mass is 176 g/mol. The predicted octanol–water partition coefficient (Wildman–Crippen LogP) is 1.92. The van der Waals surface area contributed by atoms with E-state index in [1.807, 2.05) is 0 Å². The van der Waals surface area contributed by atoms with Crippen LogP contribution in [0.3, 0.4) is 0 Å². The molecule has 0 aliphatic carbocycles. The van der Waals surface area contributed by atoms with E-state index in [0.717, 1.165) is 0 Å². The molecule has 2 heteroatoms. The van der Waals surface area contributed by atoms with Crippen LogP contribution in [-0.4, -0.2) is 6.04 Å². The molecular weight excluding hydrogens is 160 g/mol. The summed E-state index contributed by atoms with van der Waals surface area (Å²) in [6, 6.07) is 9.62. The minimum Gasteiger partial charge on any atom is -0.254 e. The summed E-state index contributed by atoms with van der Waals surface area (Å²) in [7, 11) is 0. The Hall–Kier alpha value is -0.860. The molecule has 2 rings (SSSR count). The average Bonchev–Trinajstić information content (AvgIpc) is 2.53. The minimum absolute atomic E-state index is 0.483. The zero-order valence-corrected chi connectivity index (χ0v) is 8.17. The fraction of sp³-hybridized carbons (Fsp3) is 0.455. The highest BCUT2D eigenvalue weighted by Gasteiger charge is 2.22. The summed E-state index contributed by atoms with van der Waals surface area (Å²) in [6.07, 6.45) is 1.17. The van der Waals surface area contributed by atoms with Gasteiger partial charge >= 0.3 is 0 Å². The topological polar surface area (TPSA) is 24.1 Å². The number of rotatable bonds is 1. The van der Waals surface area contributed by atoms with Crippen molar-refractivity contribution in [3.8, 4) is 0 Å². The summed E-state index contributed by atoms with van der Waals surface area (Å²) in [5.41, 5.74) is 9.35. The van der Waals surface area contributed by atoms with Crippen molar-refractivity contribution in [3.63, 3.8) is 0 Å². The average molecular weight is 176 g/mol. The van der Waals surface area contributed by atoms with Crippen molar-refractivity contribution >= 4 is 0 Å². The van der Waals surface area contributed by atoms with E-state index in [1.165, 1.54) is 17.5 Å². The molecule has 0 spiro atoms. The Kier molecular flexibility index (Phi) is 2.34. The standard InChI is InChI=1S/C11H16N2/c1-8-5-3-4-6-10(8)11-7-9(2)12-13-11/h3-6,9,11-13H,7H2,1-2H3. The van der Waals surface area contributed by atoms with Gasteiger partial charge in [-0.2, -0.15) is 0 Å². The first kappa shape index (κ1) is 8.73. The quantitative estimate of drug-likeness (QED) is 0.683. The molecule has 1 aromatic rings. The van der Waals surface area contributed by atoms with Gasteiger partial charge in [0.25, 0.3) is 0 Å². The number of aryl methyl sites for hydroxylation is 1. The molecule has 1 fully saturated rings. The van der Waals surface area contributed by atoms with Crippen molar-refractivity contribution in [2.75, 3.05) is 0 Å². The third-order valence-corrected chi connectivity index (χ3v) is 2.66. The number of hydrogen-bond acceptors (Lipinski definition) is 2. The number of hydrogen-bond donors (Lipinski definition) is 2. The first-order valence-electron chi connectivity index (χ1n) is 4.84. The van der Waals surface area contributed by atoms with Crippen LogP contribution in [0.1, 0.15) is 30.5 Å². The van der Waals surface area contributed by atoms with Crippen LogP contribution in [0, 0.1) is 6.92 Å². The first-order chi connectivity index (χ1) is 6.27. The molecule has 2 N–H and O–H groups in total. The maximum absolute atomic E-state index is 3.31. The van der Waals surface area contributed by atoms with Gasteiger partial charge in [-0.3, -0.25) is 10.9 Å². The van der Waals surface area contributed by atoms with Crippen LogP contribution in [0.4, 0.5) is 0 Å². The van der Waals surface area contributed by atoms with Crippen LogP contribution in [0.15, 0.2) is 24.3 Å². The molecule has 0 bridgehead atoms. The van der Waals surface area contributed by atoms with E-state index < -0.39 is 0 Å². The lowest BCUT2D eigenvalue weighted by molar-refractivity contribution is 0.559. The summed E-state index contributed by atoms with van der Waals surface area (Å²) < 4.78 is 0. The molecule has 2 nitrogen and oxygen atoms in total. The summed E-state index contributed by atoms with van der Waals surface area (Å²) in [5.74, 6) is 0. The Labute approximate surface area is 79.3 Å². The third-order valence-electron chi connectivity index (χ3n) is 2.66. The Bertz CT molecular complexity index is 296. The molecular formula is C11H16N2. The van der Waals surface area contributed by atoms with Crippen molar-refractivity contribution in [3.05, 3.63) is 35.4 Å². The van der Waals surface area contributed by atoms with Gasteiger partial charge in [0, 0.05) is 12.1 Å². The summed E-state index contributed by atoms with van der Waals surface area (Å²) in [4.78, 5) is 0. The fourth-order valence-corrected chi connectivity index (χ4v) is 1.90. The molecule has 1 saturated heterocycles. The van der Waals surface area contributed by atoms with Gasteiger partial charge in [0.1, 0.15) is 0 Å². The SMILES string of the molecule is Cc1ccccc1C1CC(C)NN1. The second-order valence-corrected chi connectivity index (χ2v) is 3.83. The van der Waals surface area contributed by atoms with Gasteiger partial charge in [-0.15, -0.1) is 0 Å². The highest BCUT2D eigenvalue weighted by Crippen LogP contribution is 2.24. The Morgan fingerprint density at radius 2 is 2.00 bits per heavy atom. The molecule has 1 aliphatic rings. The van der Waals surface area contributed by atoms with Crippen molar-refractivity contribution < 1.29 is 0 Å². The number of nitrogens with one attached hydrogen (secondary N) is 2. The first-order valence-corrected chi connectivity index (χ1v) is 4.84. The molecule has 13 heavy (non-hydrogen) atoms. The van der Waals surface area contributed by atoms with Gasteiger partial charge < -0.3 is 0 Å². The fourth-order valence-electron chi connectivity index (χ4n) is 1.90. The summed E-state index contributed by atoms with van der Waals surface area (Å²) in [5, 5.41) is 0. The second-order valence-electron chi connectivity index (χ2n) is 3.83. The largest absolute Gasteiger partial charge is 0.254 e. The van der Waals surface area contributed by atoms with Gasteiger partial charge in [-0.25, -0.2) is 0 Å². The highest BCUT2D eigenvalue weighted by molar-refractivity contribution is 5.29. The maximum Gasteiger partial charge on any atom is 0.0480 e. The number of benzene rings is 1.